The quantitative estimate of drug-likeness (QED) is 0.712. The van der Waals surface area contributed by atoms with Gasteiger partial charge in [-0.25, -0.2) is 4.98 Å². The van der Waals surface area contributed by atoms with E-state index < -0.39 is 17.4 Å². The largest absolute Gasteiger partial charge is 0.469 e. The molecule has 1 N–H and O–H groups in total. The van der Waals surface area contributed by atoms with Crippen molar-refractivity contribution in [1.29, 1.82) is 0 Å². The SMILES string of the molecule is COC(=O)CCC1(CCC(=O)OC)C(=O)Nc2ncc(Br)c(Cl)c21. The Kier molecular flexibility index (Phi) is 5.82. The highest BCUT2D eigenvalue weighted by atomic mass is 79.9. The summed E-state index contributed by atoms with van der Waals surface area (Å²) in [5.74, 6) is -0.915. The van der Waals surface area contributed by atoms with Gasteiger partial charge in [0.05, 0.1) is 29.1 Å². The number of hydrogen-bond donors (Lipinski definition) is 1. The molecular formula is C15H16BrClN2O5. The number of ether oxygens (including phenoxy) is 2. The number of hydrogen-bond acceptors (Lipinski definition) is 6. The van der Waals surface area contributed by atoms with Crippen LogP contribution in [0.2, 0.25) is 5.02 Å². The number of rotatable bonds is 6. The highest BCUT2D eigenvalue weighted by Gasteiger charge is 2.49. The van der Waals surface area contributed by atoms with Gasteiger partial charge in [-0.05, 0) is 28.8 Å². The number of pyridine rings is 1. The summed E-state index contributed by atoms with van der Waals surface area (Å²) in [4.78, 5) is 40.0. The summed E-state index contributed by atoms with van der Waals surface area (Å²) in [6, 6.07) is 0. The van der Waals surface area contributed by atoms with Crippen LogP contribution in [0, 0.1) is 0 Å². The van der Waals surface area contributed by atoms with E-state index in [1.54, 1.807) is 0 Å². The zero-order valence-corrected chi connectivity index (χ0v) is 15.5. The lowest BCUT2D eigenvalue weighted by Gasteiger charge is -2.27. The van der Waals surface area contributed by atoms with E-state index in [0.29, 0.717) is 20.9 Å². The maximum absolute atomic E-state index is 12.7. The molecule has 1 amide bonds. The average Bonchev–Trinajstić information content (AvgIpc) is 2.86. The predicted molar refractivity (Wildman–Crippen MR) is 89.8 cm³/mol. The van der Waals surface area contributed by atoms with Crippen LogP contribution >= 0.6 is 27.5 Å². The van der Waals surface area contributed by atoms with Crippen LogP contribution in [-0.2, 0) is 29.3 Å². The minimum absolute atomic E-state index is 0.00732. The maximum Gasteiger partial charge on any atom is 0.305 e. The summed E-state index contributed by atoms with van der Waals surface area (Å²) < 4.78 is 9.85. The third kappa shape index (κ3) is 3.39. The number of methoxy groups -OCH3 is 2. The highest BCUT2D eigenvalue weighted by Crippen LogP contribution is 2.48. The number of nitrogens with zero attached hydrogens (tertiary/aromatic N) is 1. The molecule has 0 fully saturated rings. The molecule has 1 aliphatic rings. The number of nitrogens with one attached hydrogen (secondary N) is 1. The van der Waals surface area contributed by atoms with Crippen molar-refractivity contribution in [2.45, 2.75) is 31.1 Å². The van der Waals surface area contributed by atoms with Gasteiger partial charge in [-0.3, -0.25) is 14.4 Å². The smallest absolute Gasteiger partial charge is 0.305 e. The molecular weight excluding hydrogens is 404 g/mol. The predicted octanol–water partition coefficient (Wildman–Crippen LogP) is 2.59. The van der Waals surface area contributed by atoms with Gasteiger partial charge in [0.15, 0.2) is 0 Å². The van der Waals surface area contributed by atoms with Crippen LogP contribution in [0.3, 0.4) is 0 Å². The second kappa shape index (κ2) is 7.48. The Morgan fingerprint density at radius 3 is 2.29 bits per heavy atom. The van der Waals surface area contributed by atoms with Crippen LogP contribution in [0.25, 0.3) is 0 Å². The molecule has 0 bridgehead atoms. The number of fused-ring (bicyclic) bond motifs is 1. The van der Waals surface area contributed by atoms with Gasteiger partial charge < -0.3 is 14.8 Å². The van der Waals surface area contributed by atoms with E-state index in [1.165, 1.54) is 20.4 Å². The molecule has 1 aromatic heterocycles. The number of carbonyl (C=O) groups excluding carboxylic acids is 3. The van der Waals surface area contributed by atoms with Gasteiger partial charge in [-0.2, -0.15) is 0 Å². The normalized spacial score (nSPS) is 14.8. The lowest BCUT2D eigenvalue weighted by Crippen LogP contribution is -2.36. The van der Waals surface area contributed by atoms with Crippen molar-refractivity contribution in [3.05, 3.63) is 21.3 Å². The fraction of sp³-hybridized carbons (Fsp3) is 0.467. The minimum Gasteiger partial charge on any atom is -0.469 e. The molecule has 0 spiro atoms. The summed E-state index contributed by atoms with van der Waals surface area (Å²) in [5, 5.41) is 3.01. The fourth-order valence-electron chi connectivity index (χ4n) is 2.78. The number of carbonyl (C=O) groups is 3. The Balaban J connectivity index is 2.46. The van der Waals surface area contributed by atoms with Gasteiger partial charge in [0.2, 0.25) is 5.91 Å². The number of anilines is 1. The molecule has 9 heteroatoms. The minimum atomic E-state index is -1.15. The van der Waals surface area contributed by atoms with Crippen molar-refractivity contribution >= 4 is 51.2 Å². The molecule has 2 rings (SSSR count). The Labute approximate surface area is 152 Å². The van der Waals surface area contributed by atoms with Crippen LogP contribution < -0.4 is 5.32 Å². The molecule has 0 saturated carbocycles. The van der Waals surface area contributed by atoms with Crippen LogP contribution in [0.1, 0.15) is 31.2 Å². The van der Waals surface area contributed by atoms with Gasteiger partial charge >= 0.3 is 11.9 Å². The van der Waals surface area contributed by atoms with Crippen LogP contribution in [-0.4, -0.2) is 37.0 Å². The molecule has 24 heavy (non-hydrogen) atoms. The first-order valence-corrected chi connectivity index (χ1v) is 8.32. The van der Waals surface area contributed by atoms with E-state index in [9.17, 15) is 14.4 Å². The highest BCUT2D eigenvalue weighted by molar-refractivity contribution is 9.10. The molecule has 0 radical (unpaired) electrons. The van der Waals surface area contributed by atoms with Crippen LogP contribution in [0.15, 0.2) is 10.7 Å². The number of esters is 2. The first kappa shape index (κ1) is 18.7. The monoisotopic (exact) mass is 418 g/mol. The third-order valence-electron chi connectivity index (χ3n) is 4.09. The standard InChI is InChI=1S/C15H16BrClN2O5/c1-23-9(20)3-5-15(6-4-10(21)24-2)11-12(17)8(16)7-18-13(11)19-14(15)22/h7H,3-6H2,1-2H3,(H,18,19,22). The van der Waals surface area contributed by atoms with Gasteiger partial charge in [0.25, 0.3) is 0 Å². The summed E-state index contributed by atoms with van der Waals surface area (Å²) in [6.45, 7) is 0. The van der Waals surface area contributed by atoms with E-state index in [4.69, 9.17) is 11.6 Å². The van der Waals surface area contributed by atoms with E-state index >= 15 is 0 Å². The van der Waals surface area contributed by atoms with Crippen molar-refractivity contribution in [2.75, 3.05) is 19.5 Å². The van der Waals surface area contributed by atoms with E-state index in [1.807, 2.05) is 0 Å². The molecule has 0 aromatic carbocycles. The molecule has 2 heterocycles. The topological polar surface area (TPSA) is 94.6 Å². The molecule has 0 atom stereocenters. The Morgan fingerprint density at radius 2 is 1.79 bits per heavy atom. The lowest BCUT2D eigenvalue weighted by molar-refractivity contribution is -0.141. The summed E-state index contributed by atoms with van der Waals surface area (Å²) in [6.07, 6.45) is 1.79. The summed E-state index contributed by atoms with van der Waals surface area (Å²) >= 11 is 9.67. The maximum atomic E-state index is 12.7. The van der Waals surface area contributed by atoms with Gasteiger partial charge in [-0.1, -0.05) is 11.6 Å². The summed E-state index contributed by atoms with van der Waals surface area (Å²) in [7, 11) is 2.55. The Morgan fingerprint density at radius 1 is 1.25 bits per heavy atom. The average molecular weight is 420 g/mol. The molecule has 130 valence electrons. The first-order chi connectivity index (χ1) is 11.4. The molecule has 1 aromatic rings. The second-order valence-corrected chi connectivity index (χ2v) is 6.56. The second-order valence-electron chi connectivity index (χ2n) is 5.33. The molecule has 0 unspecified atom stereocenters. The molecule has 7 nitrogen and oxygen atoms in total. The van der Waals surface area contributed by atoms with E-state index in [2.05, 4.69) is 35.7 Å². The zero-order chi connectivity index (χ0) is 17.9. The number of aromatic nitrogens is 1. The van der Waals surface area contributed by atoms with Gasteiger partial charge in [-0.15, -0.1) is 0 Å². The van der Waals surface area contributed by atoms with E-state index in [0.717, 1.165) is 0 Å². The van der Waals surface area contributed by atoms with Gasteiger partial charge in [0, 0.05) is 24.6 Å². The molecule has 0 aliphatic carbocycles. The van der Waals surface area contributed by atoms with Crippen LogP contribution in [0.4, 0.5) is 5.82 Å². The van der Waals surface area contributed by atoms with Gasteiger partial charge in [0.1, 0.15) is 5.82 Å². The van der Waals surface area contributed by atoms with Crippen molar-refractivity contribution in [3.63, 3.8) is 0 Å². The lowest BCUT2D eigenvalue weighted by atomic mass is 9.74. The fourth-order valence-corrected chi connectivity index (χ4v) is 3.39. The molecule has 0 saturated heterocycles. The summed E-state index contributed by atoms with van der Waals surface area (Å²) in [5.41, 5.74) is -0.665. The van der Waals surface area contributed by atoms with Crippen molar-refractivity contribution in [3.8, 4) is 0 Å². The zero-order valence-electron chi connectivity index (χ0n) is 13.2. The first-order valence-electron chi connectivity index (χ1n) is 7.15. The third-order valence-corrected chi connectivity index (χ3v) is 5.31. The van der Waals surface area contributed by atoms with Crippen molar-refractivity contribution < 1.29 is 23.9 Å². The molecule has 1 aliphatic heterocycles. The Hall–Kier alpha value is -1.67. The Bertz CT molecular complexity index is 675. The van der Waals surface area contributed by atoms with Crippen LogP contribution in [0.5, 0.6) is 0 Å². The van der Waals surface area contributed by atoms with Crippen molar-refractivity contribution in [1.82, 2.24) is 4.98 Å². The van der Waals surface area contributed by atoms with E-state index in [-0.39, 0.29) is 31.6 Å². The number of halogens is 2. The number of amides is 1. The van der Waals surface area contributed by atoms with Crippen molar-refractivity contribution in [2.24, 2.45) is 0 Å².